The van der Waals surface area contributed by atoms with Gasteiger partial charge in [0.2, 0.25) is 0 Å². The first kappa shape index (κ1) is 15.5. The number of halogens is 1. The van der Waals surface area contributed by atoms with Crippen molar-refractivity contribution >= 4 is 28.5 Å². The summed E-state index contributed by atoms with van der Waals surface area (Å²) in [4.78, 5) is 12.5. The van der Waals surface area contributed by atoms with Crippen molar-refractivity contribution in [1.29, 1.82) is 0 Å². The topological polar surface area (TPSA) is 29.1 Å². The first-order valence-corrected chi connectivity index (χ1v) is 8.87. The zero-order valence-corrected chi connectivity index (χ0v) is 14.7. The Hall–Kier alpha value is -1.36. The summed E-state index contributed by atoms with van der Waals surface area (Å²) in [5, 5.41) is 3.18. The van der Waals surface area contributed by atoms with E-state index in [4.69, 9.17) is 0 Å². The molecule has 0 bridgehead atoms. The van der Waals surface area contributed by atoms with E-state index >= 15 is 0 Å². The van der Waals surface area contributed by atoms with Gasteiger partial charge < -0.3 is 5.32 Å². The number of carbonyl (C=O) groups is 1. The molecule has 3 heteroatoms. The molecule has 114 valence electrons. The summed E-state index contributed by atoms with van der Waals surface area (Å²) in [6, 6.07) is 18.4. The van der Waals surface area contributed by atoms with E-state index in [0.717, 1.165) is 28.5 Å². The summed E-state index contributed by atoms with van der Waals surface area (Å²) in [5.41, 5.74) is 2.23. The van der Waals surface area contributed by atoms with Gasteiger partial charge in [-0.1, -0.05) is 55.3 Å². The lowest BCUT2D eigenvalue weighted by Gasteiger charge is -2.30. The molecule has 2 aromatic rings. The molecule has 1 N–H and O–H groups in total. The predicted octanol–water partition coefficient (Wildman–Crippen LogP) is 4.53. The molecular formula is C19H20INO. The van der Waals surface area contributed by atoms with Crippen LogP contribution in [0.1, 0.15) is 41.6 Å². The fourth-order valence-corrected chi connectivity index (χ4v) is 4.03. The summed E-state index contributed by atoms with van der Waals surface area (Å²) in [5.74, 6) is 0.0345. The van der Waals surface area contributed by atoms with Gasteiger partial charge in [-0.05, 0) is 53.1 Å². The molecule has 0 heterocycles. The summed E-state index contributed by atoms with van der Waals surface area (Å²) in [7, 11) is 0. The standard InChI is InChI=1S/C19H20INO/c20-17-11-5-4-10-16(17)18(22)21-14-19(12-6-7-13-19)15-8-2-1-3-9-15/h1-5,8-11H,6-7,12-14H2,(H,21,22). The minimum absolute atomic E-state index is 0.0345. The molecule has 0 aromatic heterocycles. The molecule has 22 heavy (non-hydrogen) atoms. The van der Waals surface area contributed by atoms with Crippen LogP contribution in [0.25, 0.3) is 0 Å². The maximum atomic E-state index is 12.5. The van der Waals surface area contributed by atoms with Crippen LogP contribution in [-0.2, 0) is 5.41 Å². The van der Waals surface area contributed by atoms with Gasteiger partial charge in [-0.2, -0.15) is 0 Å². The maximum Gasteiger partial charge on any atom is 0.252 e. The highest BCUT2D eigenvalue weighted by Gasteiger charge is 2.35. The van der Waals surface area contributed by atoms with Crippen LogP contribution in [0, 0.1) is 3.57 Å². The molecule has 2 aromatic carbocycles. The first-order valence-electron chi connectivity index (χ1n) is 7.80. The second-order valence-electron chi connectivity index (χ2n) is 6.02. The first-order chi connectivity index (χ1) is 10.7. The molecule has 1 fully saturated rings. The molecule has 1 aliphatic carbocycles. The zero-order valence-electron chi connectivity index (χ0n) is 12.5. The van der Waals surface area contributed by atoms with Gasteiger partial charge in [-0.15, -0.1) is 0 Å². The van der Waals surface area contributed by atoms with Gasteiger partial charge in [0.05, 0.1) is 5.56 Å². The van der Waals surface area contributed by atoms with Crippen LogP contribution < -0.4 is 5.32 Å². The van der Waals surface area contributed by atoms with Gasteiger partial charge in [-0.25, -0.2) is 0 Å². The molecule has 1 aliphatic rings. The Morgan fingerprint density at radius 2 is 1.64 bits per heavy atom. The number of amides is 1. The molecule has 0 unspecified atom stereocenters. The van der Waals surface area contributed by atoms with E-state index in [1.165, 1.54) is 18.4 Å². The SMILES string of the molecule is O=C(NCC1(c2ccccc2)CCCC1)c1ccccc1I. The van der Waals surface area contributed by atoms with Crippen LogP contribution >= 0.6 is 22.6 Å². The molecular weight excluding hydrogens is 385 g/mol. The Balaban J connectivity index is 1.76. The lowest BCUT2D eigenvalue weighted by atomic mass is 9.79. The Bertz CT molecular complexity index is 647. The van der Waals surface area contributed by atoms with Crippen LogP contribution in [0.15, 0.2) is 54.6 Å². The van der Waals surface area contributed by atoms with E-state index in [0.29, 0.717) is 0 Å². The van der Waals surface area contributed by atoms with Crippen molar-refractivity contribution in [1.82, 2.24) is 5.32 Å². The maximum absolute atomic E-state index is 12.5. The van der Waals surface area contributed by atoms with E-state index in [9.17, 15) is 4.79 Å². The third-order valence-electron chi connectivity index (χ3n) is 4.65. The zero-order chi connectivity index (χ0) is 15.4. The van der Waals surface area contributed by atoms with Gasteiger partial charge in [0.15, 0.2) is 0 Å². The van der Waals surface area contributed by atoms with E-state index in [1.807, 2.05) is 24.3 Å². The van der Waals surface area contributed by atoms with Gasteiger partial charge in [0.25, 0.3) is 5.91 Å². The van der Waals surface area contributed by atoms with Crippen LogP contribution in [0.4, 0.5) is 0 Å². The van der Waals surface area contributed by atoms with Gasteiger partial charge in [0, 0.05) is 15.5 Å². The average Bonchev–Trinajstić information content (AvgIpc) is 3.04. The molecule has 0 atom stereocenters. The van der Waals surface area contributed by atoms with Crippen molar-refractivity contribution in [3.8, 4) is 0 Å². The Morgan fingerprint density at radius 3 is 2.32 bits per heavy atom. The van der Waals surface area contributed by atoms with Crippen molar-refractivity contribution in [3.63, 3.8) is 0 Å². The van der Waals surface area contributed by atoms with Crippen molar-refractivity contribution in [2.45, 2.75) is 31.1 Å². The number of hydrogen-bond donors (Lipinski definition) is 1. The van der Waals surface area contributed by atoms with Crippen molar-refractivity contribution in [3.05, 3.63) is 69.3 Å². The number of benzene rings is 2. The van der Waals surface area contributed by atoms with Crippen LogP contribution in [0.5, 0.6) is 0 Å². The summed E-state index contributed by atoms with van der Waals surface area (Å²) in [6.07, 6.45) is 4.80. The van der Waals surface area contributed by atoms with E-state index in [-0.39, 0.29) is 11.3 Å². The average molecular weight is 405 g/mol. The molecule has 0 spiro atoms. The molecule has 2 nitrogen and oxygen atoms in total. The lowest BCUT2D eigenvalue weighted by Crippen LogP contribution is -2.39. The molecule has 0 aliphatic heterocycles. The van der Waals surface area contributed by atoms with E-state index in [1.54, 1.807) is 0 Å². The second-order valence-corrected chi connectivity index (χ2v) is 7.18. The monoisotopic (exact) mass is 405 g/mol. The number of hydrogen-bond acceptors (Lipinski definition) is 1. The molecule has 1 amide bonds. The smallest absolute Gasteiger partial charge is 0.252 e. The number of carbonyl (C=O) groups excluding carboxylic acids is 1. The van der Waals surface area contributed by atoms with Gasteiger partial charge >= 0.3 is 0 Å². The quantitative estimate of drug-likeness (QED) is 0.744. The van der Waals surface area contributed by atoms with Crippen molar-refractivity contribution < 1.29 is 4.79 Å². The summed E-state index contributed by atoms with van der Waals surface area (Å²) in [6.45, 7) is 0.723. The van der Waals surface area contributed by atoms with Crippen LogP contribution in [0.3, 0.4) is 0 Å². The minimum atomic E-state index is 0.0345. The van der Waals surface area contributed by atoms with E-state index < -0.39 is 0 Å². The highest BCUT2D eigenvalue weighted by molar-refractivity contribution is 14.1. The van der Waals surface area contributed by atoms with Gasteiger partial charge in [-0.3, -0.25) is 4.79 Å². The van der Waals surface area contributed by atoms with Gasteiger partial charge in [0.1, 0.15) is 0 Å². The highest BCUT2D eigenvalue weighted by Crippen LogP contribution is 2.40. The molecule has 0 radical (unpaired) electrons. The Labute approximate surface area is 145 Å². The van der Waals surface area contributed by atoms with Crippen molar-refractivity contribution in [2.24, 2.45) is 0 Å². The Morgan fingerprint density at radius 1 is 1.00 bits per heavy atom. The summed E-state index contributed by atoms with van der Waals surface area (Å²) >= 11 is 2.22. The number of nitrogens with one attached hydrogen (secondary N) is 1. The molecule has 0 saturated heterocycles. The fourth-order valence-electron chi connectivity index (χ4n) is 3.40. The third kappa shape index (κ3) is 3.19. The number of rotatable bonds is 4. The third-order valence-corrected chi connectivity index (χ3v) is 5.59. The van der Waals surface area contributed by atoms with Crippen molar-refractivity contribution in [2.75, 3.05) is 6.54 Å². The fraction of sp³-hybridized carbons (Fsp3) is 0.316. The molecule has 3 rings (SSSR count). The lowest BCUT2D eigenvalue weighted by molar-refractivity contribution is 0.0942. The summed E-state index contributed by atoms with van der Waals surface area (Å²) < 4.78 is 0.998. The predicted molar refractivity (Wildman–Crippen MR) is 98.1 cm³/mol. The second kappa shape index (κ2) is 6.82. The minimum Gasteiger partial charge on any atom is -0.351 e. The normalized spacial score (nSPS) is 16.4. The largest absolute Gasteiger partial charge is 0.351 e. The van der Waals surface area contributed by atoms with Crippen LogP contribution in [0.2, 0.25) is 0 Å². The van der Waals surface area contributed by atoms with Crippen LogP contribution in [-0.4, -0.2) is 12.5 Å². The Kier molecular flexibility index (Phi) is 4.81. The highest BCUT2D eigenvalue weighted by atomic mass is 127. The molecule has 1 saturated carbocycles. The van der Waals surface area contributed by atoms with E-state index in [2.05, 4.69) is 58.2 Å².